The monoisotopic (exact) mass is 412 g/mol. The first-order valence-electron chi connectivity index (χ1n) is 9.64. The Morgan fingerprint density at radius 2 is 2.00 bits per heavy atom. The molecule has 0 atom stereocenters. The van der Waals surface area contributed by atoms with Gasteiger partial charge < -0.3 is 15.0 Å². The van der Waals surface area contributed by atoms with Crippen LogP contribution in [-0.2, 0) is 6.54 Å². The minimum absolute atomic E-state index is 0.203. The maximum Gasteiger partial charge on any atom is 0.266 e. The fourth-order valence-corrected chi connectivity index (χ4v) is 3.61. The van der Waals surface area contributed by atoms with Crippen molar-refractivity contribution in [2.75, 3.05) is 25.1 Å². The number of nitrogens with one attached hydrogen (secondary N) is 2. The molecule has 1 aliphatic heterocycles. The van der Waals surface area contributed by atoms with Gasteiger partial charge in [0.15, 0.2) is 0 Å². The Bertz CT molecular complexity index is 1050. The molecule has 2 N–H and O–H groups in total. The first-order chi connectivity index (χ1) is 14.5. The number of para-hydroxylation sites is 2. The molecule has 8 heteroatoms. The van der Waals surface area contributed by atoms with Crippen molar-refractivity contribution in [3.63, 3.8) is 0 Å². The molecule has 1 fully saturated rings. The molecule has 30 heavy (non-hydrogen) atoms. The predicted molar refractivity (Wildman–Crippen MR) is 110 cm³/mol. The van der Waals surface area contributed by atoms with Gasteiger partial charge in [0.05, 0.1) is 37.2 Å². The van der Waals surface area contributed by atoms with E-state index in [1.807, 2.05) is 30.3 Å². The maximum absolute atomic E-state index is 13.6. The summed E-state index contributed by atoms with van der Waals surface area (Å²) in [5.74, 6) is -2.34. The van der Waals surface area contributed by atoms with Crippen molar-refractivity contribution in [3.05, 3.63) is 65.9 Å². The van der Waals surface area contributed by atoms with E-state index in [0.717, 1.165) is 11.3 Å². The molecule has 4 rings (SSSR count). The van der Waals surface area contributed by atoms with Gasteiger partial charge in [0, 0.05) is 24.2 Å². The zero-order valence-corrected chi connectivity index (χ0v) is 16.5. The Morgan fingerprint density at radius 1 is 1.23 bits per heavy atom. The first kappa shape index (κ1) is 19.9. The number of aromatic amines is 1. The molecular weight excluding hydrogens is 390 g/mol. The number of amides is 1. The third kappa shape index (κ3) is 4.12. The normalized spacial score (nSPS) is 15.2. The lowest BCUT2D eigenvalue weighted by Gasteiger charge is -2.21. The van der Waals surface area contributed by atoms with Crippen molar-refractivity contribution in [1.29, 1.82) is 0 Å². The Kier molecular flexibility index (Phi) is 5.39. The lowest BCUT2D eigenvalue weighted by atomic mass is 10.1. The SMILES string of the molecule is COc1ccccc1-c1cc(CNC(=O)c2ccccc2N2CCC(F)(F)C2)n[nH]1. The van der Waals surface area contributed by atoms with Crippen LogP contribution >= 0.6 is 0 Å². The number of H-pyrrole nitrogens is 1. The molecule has 0 unspecified atom stereocenters. The van der Waals surface area contributed by atoms with E-state index in [1.165, 1.54) is 0 Å². The van der Waals surface area contributed by atoms with Crippen LogP contribution in [-0.4, -0.2) is 42.2 Å². The summed E-state index contributed by atoms with van der Waals surface area (Å²) < 4.78 is 32.6. The lowest BCUT2D eigenvalue weighted by molar-refractivity contribution is 0.0257. The summed E-state index contributed by atoms with van der Waals surface area (Å²) in [7, 11) is 1.60. The number of hydrogen-bond acceptors (Lipinski definition) is 4. The van der Waals surface area contributed by atoms with E-state index in [-0.39, 0.29) is 32.0 Å². The van der Waals surface area contributed by atoms with Crippen LogP contribution in [0, 0.1) is 0 Å². The predicted octanol–water partition coefficient (Wildman–Crippen LogP) is 3.86. The zero-order chi connectivity index (χ0) is 21.1. The standard InChI is InChI=1S/C22H22F2N4O2/c1-30-20-9-5-3-6-16(20)18-12-15(26-27-18)13-25-21(29)17-7-2-4-8-19(17)28-11-10-22(23,24)14-28/h2-9,12H,10-11,13-14H2,1H3,(H,25,29)(H,26,27). The molecule has 2 heterocycles. The lowest BCUT2D eigenvalue weighted by Crippen LogP contribution is -2.29. The Morgan fingerprint density at radius 3 is 2.77 bits per heavy atom. The minimum atomic E-state index is -2.73. The number of nitrogens with zero attached hydrogens (tertiary/aromatic N) is 2. The maximum atomic E-state index is 13.6. The topological polar surface area (TPSA) is 70.2 Å². The second kappa shape index (κ2) is 8.14. The van der Waals surface area contributed by atoms with E-state index >= 15 is 0 Å². The third-order valence-electron chi connectivity index (χ3n) is 5.12. The Labute approximate surface area is 172 Å². The van der Waals surface area contributed by atoms with Crippen LogP contribution in [0.2, 0.25) is 0 Å². The summed E-state index contributed by atoms with van der Waals surface area (Å²) in [5.41, 5.74) is 3.18. The fraction of sp³-hybridized carbons (Fsp3) is 0.273. The molecule has 1 aliphatic rings. The number of carbonyl (C=O) groups excluding carboxylic acids is 1. The van der Waals surface area contributed by atoms with Gasteiger partial charge in [-0.2, -0.15) is 5.10 Å². The second-order valence-electron chi connectivity index (χ2n) is 7.20. The highest BCUT2D eigenvalue weighted by atomic mass is 19.3. The van der Waals surface area contributed by atoms with Gasteiger partial charge in [0.25, 0.3) is 11.8 Å². The molecule has 0 saturated carbocycles. The second-order valence-corrected chi connectivity index (χ2v) is 7.20. The molecule has 156 valence electrons. The molecule has 1 amide bonds. The summed E-state index contributed by atoms with van der Waals surface area (Å²) in [5, 5.41) is 10.0. The number of ether oxygens (including phenoxy) is 1. The number of methoxy groups -OCH3 is 1. The van der Waals surface area contributed by atoms with Crippen LogP contribution in [0.1, 0.15) is 22.5 Å². The first-order valence-corrected chi connectivity index (χ1v) is 9.64. The molecule has 0 bridgehead atoms. The van der Waals surface area contributed by atoms with Crippen LogP contribution in [0.25, 0.3) is 11.3 Å². The van der Waals surface area contributed by atoms with Crippen molar-refractivity contribution < 1.29 is 18.3 Å². The average molecular weight is 412 g/mol. The smallest absolute Gasteiger partial charge is 0.266 e. The summed E-state index contributed by atoms with van der Waals surface area (Å²) in [6.07, 6.45) is -0.206. The van der Waals surface area contributed by atoms with E-state index in [9.17, 15) is 13.6 Å². The van der Waals surface area contributed by atoms with E-state index < -0.39 is 5.92 Å². The number of rotatable bonds is 6. The molecule has 0 spiro atoms. The van der Waals surface area contributed by atoms with Crippen molar-refractivity contribution in [3.8, 4) is 17.0 Å². The van der Waals surface area contributed by atoms with Gasteiger partial charge in [0.1, 0.15) is 5.75 Å². The summed E-state index contributed by atoms with van der Waals surface area (Å²) in [6, 6.07) is 16.2. The number of alkyl halides is 2. The fourth-order valence-electron chi connectivity index (χ4n) is 3.61. The number of hydrogen-bond donors (Lipinski definition) is 2. The minimum Gasteiger partial charge on any atom is -0.496 e. The highest BCUT2D eigenvalue weighted by molar-refractivity contribution is 5.99. The highest BCUT2D eigenvalue weighted by Gasteiger charge is 2.39. The van der Waals surface area contributed by atoms with Gasteiger partial charge in [-0.15, -0.1) is 0 Å². The molecule has 2 aromatic carbocycles. The quantitative estimate of drug-likeness (QED) is 0.645. The van der Waals surface area contributed by atoms with Gasteiger partial charge in [-0.3, -0.25) is 9.89 Å². The summed E-state index contributed by atoms with van der Waals surface area (Å²) >= 11 is 0. The molecule has 3 aromatic rings. The van der Waals surface area contributed by atoms with Crippen LogP contribution < -0.4 is 15.0 Å². The highest BCUT2D eigenvalue weighted by Crippen LogP contribution is 2.32. The van der Waals surface area contributed by atoms with Crippen LogP contribution in [0.4, 0.5) is 14.5 Å². The largest absolute Gasteiger partial charge is 0.496 e. The van der Waals surface area contributed by atoms with Gasteiger partial charge in [-0.25, -0.2) is 8.78 Å². The van der Waals surface area contributed by atoms with Crippen molar-refractivity contribution in [2.45, 2.75) is 18.9 Å². The summed E-state index contributed by atoms with van der Waals surface area (Å²) in [4.78, 5) is 14.3. The number of anilines is 1. The Balaban J connectivity index is 1.46. The van der Waals surface area contributed by atoms with Gasteiger partial charge >= 0.3 is 0 Å². The molecule has 1 saturated heterocycles. The van der Waals surface area contributed by atoms with E-state index in [1.54, 1.807) is 36.3 Å². The van der Waals surface area contributed by atoms with Crippen LogP contribution in [0.15, 0.2) is 54.6 Å². The number of carbonyl (C=O) groups is 1. The number of aromatic nitrogens is 2. The number of halogens is 2. The van der Waals surface area contributed by atoms with Crippen molar-refractivity contribution >= 4 is 11.6 Å². The number of benzene rings is 2. The van der Waals surface area contributed by atoms with Crippen LogP contribution in [0.5, 0.6) is 5.75 Å². The van der Waals surface area contributed by atoms with Gasteiger partial charge in [-0.1, -0.05) is 24.3 Å². The van der Waals surface area contributed by atoms with Crippen LogP contribution in [0.3, 0.4) is 0 Å². The zero-order valence-electron chi connectivity index (χ0n) is 16.5. The van der Waals surface area contributed by atoms with Gasteiger partial charge in [-0.05, 0) is 30.3 Å². The molecule has 0 aliphatic carbocycles. The van der Waals surface area contributed by atoms with Crippen molar-refractivity contribution in [1.82, 2.24) is 15.5 Å². The Hall–Kier alpha value is -3.42. The third-order valence-corrected chi connectivity index (χ3v) is 5.12. The molecule has 1 aromatic heterocycles. The molecular formula is C22H22F2N4O2. The molecule has 6 nitrogen and oxygen atoms in total. The van der Waals surface area contributed by atoms with Crippen molar-refractivity contribution in [2.24, 2.45) is 0 Å². The van der Waals surface area contributed by atoms with E-state index in [2.05, 4.69) is 15.5 Å². The van der Waals surface area contributed by atoms with E-state index in [0.29, 0.717) is 22.7 Å². The average Bonchev–Trinajstić information content (AvgIpc) is 3.38. The summed E-state index contributed by atoms with van der Waals surface area (Å²) in [6.45, 7) is 0.0484. The molecule has 0 radical (unpaired) electrons. The van der Waals surface area contributed by atoms with Gasteiger partial charge in [0.2, 0.25) is 0 Å². The van der Waals surface area contributed by atoms with E-state index in [4.69, 9.17) is 4.74 Å².